The maximum atomic E-state index is 6.15. The summed E-state index contributed by atoms with van der Waals surface area (Å²) in [5.41, 5.74) is 11.9. The third-order valence-corrected chi connectivity index (χ3v) is 3.35. The van der Waals surface area contributed by atoms with Gasteiger partial charge in [-0.05, 0) is 31.9 Å². The molecular formula is C16H23N3. The van der Waals surface area contributed by atoms with Gasteiger partial charge in [-0.3, -0.25) is 0 Å². The number of benzene rings is 1. The molecule has 0 saturated carbocycles. The van der Waals surface area contributed by atoms with E-state index in [1.54, 1.807) is 0 Å². The lowest BCUT2D eigenvalue weighted by Crippen LogP contribution is -2.13. The topological polar surface area (TPSA) is 43.8 Å². The van der Waals surface area contributed by atoms with E-state index in [0.29, 0.717) is 5.82 Å². The van der Waals surface area contributed by atoms with E-state index < -0.39 is 0 Å². The van der Waals surface area contributed by atoms with Gasteiger partial charge < -0.3 is 5.73 Å². The van der Waals surface area contributed by atoms with Gasteiger partial charge in [-0.15, -0.1) is 0 Å². The van der Waals surface area contributed by atoms with E-state index in [1.165, 1.54) is 16.7 Å². The van der Waals surface area contributed by atoms with Crippen molar-refractivity contribution < 1.29 is 0 Å². The summed E-state index contributed by atoms with van der Waals surface area (Å²) in [6.07, 6.45) is 0. The fourth-order valence-corrected chi connectivity index (χ4v) is 2.45. The van der Waals surface area contributed by atoms with E-state index in [1.807, 2.05) is 10.7 Å². The predicted octanol–water partition coefficient (Wildman–Crippen LogP) is 3.68. The zero-order valence-corrected chi connectivity index (χ0v) is 12.7. The van der Waals surface area contributed by atoms with Crippen LogP contribution in [0.15, 0.2) is 18.2 Å². The minimum Gasteiger partial charge on any atom is -0.384 e. The van der Waals surface area contributed by atoms with Gasteiger partial charge in [-0.25, -0.2) is 4.68 Å². The first-order valence-corrected chi connectivity index (χ1v) is 6.64. The molecule has 0 atom stereocenters. The number of aromatic nitrogens is 2. The van der Waals surface area contributed by atoms with Gasteiger partial charge in [-0.1, -0.05) is 38.5 Å². The van der Waals surface area contributed by atoms with Crippen molar-refractivity contribution in [1.29, 1.82) is 0 Å². The Labute approximate surface area is 115 Å². The highest BCUT2D eigenvalue weighted by Crippen LogP contribution is 2.27. The second-order valence-electron chi connectivity index (χ2n) is 6.36. The first-order valence-electron chi connectivity index (χ1n) is 6.64. The molecule has 2 rings (SSSR count). The van der Waals surface area contributed by atoms with Crippen LogP contribution in [0, 0.1) is 20.8 Å². The second-order valence-corrected chi connectivity index (χ2v) is 6.36. The van der Waals surface area contributed by atoms with Crippen LogP contribution in [0.2, 0.25) is 0 Å². The Bertz CT molecular complexity index is 592. The van der Waals surface area contributed by atoms with E-state index in [4.69, 9.17) is 10.8 Å². The molecule has 0 saturated heterocycles. The standard InChI is InChI=1S/C16H23N3/c1-10-7-11(2)15(12(3)8-10)19-14(17)9-13(18-19)16(4,5)6/h7-9H,17H2,1-6H3. The van der Waals surface area contributed by atoms with E-state index in [0.717, 1.165) is 11.4 Å². The van der Waals surface area contributed by atoms with Crippen molar-refractivity contribution in [2.24, 2.45) is 0 Å². The second kappa shape index (κ2) is 4.41. The van der Waals surface area contributed by atoms with Gasteiger partial charge in [0.1, 0.15) is 5.82 Å². The zero-order valence-electron chi connectivity index (χ0n) is 12.7. The molecule has 3 nitrogen and oxygen atoms in total. The van der Waals surface area contributed by atoms with Crippen LogP contribution in [0.25, 0.3) is 5.69 Å². The number of nitrogens with zero attached hydrogens (tertiary/aromatic N) is 2. The summed E-state index contributed by atoms with van der Waals surface area (Å²) in [6.45, 7) is 12.8. The molecule has 1 heterocycles. The highest BCUT2D eigenvalue weighted by Gasteiger charge is 2.20. The van der Waals surface area contributed by atoms with Crippen molar-refractivity contribution >= 4 is 5.82 Å². The number of anilines is 1. The zero-order chi connectivity index (χ0) is 14.4. The first kappa shape index (κ1) is 13.7. The van der Waals surface area contributed by atoms with Gasteiger partial charge in [0.2, 0.25) is 0 Å². The molecule has 19 heavy (non-hydrogen) atoms. The molecule has 102 valence electrons. The van der Waals surface area contributed by atoms with Crippen LogP contribution >= 0.6 is 0 Å². The average Bonchev–Trinajstić information content (AvgIpc) is 2.59. The first-order chi connectivity index (χ1) is 8.70. The molecule has 0 spiro atoms. The molecule has 1 aromatic heterocycles. The highest BCUT2D eigenvalue weighted by atomic mass is 15.3. The lowest BCUT2D eigenvalue weighted by Gasteiger charge is -2.15. The van der Waals surface area contributed by atoms with Crippen molar-refractivity contribution in [3.8, 4) is 5.69 Å². The predicted molar refractivity (Wildman–Crippen MR) is 80.9 cm³/mol. The minimum absolute atomic E-state index is 0.00583. The van der Waals surface area contributed by atoms with Crippen LogP contribution in [-0.2, 0) is 5.41 Å². The molecule has 0 radical (unpaired) electrons. The Morgan fingerprint density at radius 2 is 1.53 bits per heavy atom. The van der Waals surface area contributed by atoms with Crippen LogP contribution < -0.4 is 5.73 Å². The van der Waals surface area contributed by atoms with E-state index >= 15 is 0 Å². The van der Waals surface area contributed by atoms with Crippen LogP contribution in [-0.4, -0.2) is 9.78 Å². The molecule has 3 heteroatoms. The summed E-state index contributed by atoms with van der Waals surface area (Å²) in [7, 11) is 0. The lowest BCUT2D eigenvalue weighted by atomic mass is 9.92. The lowest BCUT2D eigenvalue weighted by molar-refractivity contribution is 0.560. The third-order valence-electron chi connectivity index (χ3n) is 3.35. The maximum Gasteiger partial charge on any atom is 0.127 e. The number of nitrogen functional groups attached to an aromatic ring is 1. The number of hydrogen-bond acceptors (Lipinski definition) is 2. The van der Waals surface area contributed by atoms with Crippen LogP contribution in [0.4, 0.5) is 5.82 Å². The molecule has 0 unspecified atom stereocenters. The number of aryl methyl sites for hydroxylation is 3. The highest BCUT2D eigenvalue weighted by molar-refractivity contribution is 5.53. The summed E-state index contributed by atoms with van der Waals surface area (Å²) >= 11 is 0. The van der Waals surface area contributed by atoms with Gasteiger partial charge in [-0.2, -0.15) is 5.10 Å². The molecule has 0 amide bonds. The van der Waals surface area contributed by atoms with Crippen molar-refractivity contribution in [3.05, 3.63) is 40.6 Å². The summed E-state index contributed by atoms with van der Waals surface area (Å²) in [5.74, 6) is 0.694. The molecular weight excluding hydrogens is 234 g/mol. The van der Waals surface area contributed by atoms with Crippen molar-refractivity contribution in [2.75, 3.05) is 5.73 Å². The number of rotatable bonds is 1. The van der Waals surface area contributed by atoms with Gasteiger partial charge in [0.15, 0.2) is 0 Å². The largest absolute Gasteiger partial charge is 0.384 e. The Hall–Kier alpha value is -1.77. The number of nitrogens with two attached hydrogens (primary N) is 1. The molecule has 0 aliphatic heterocycles. The van der Waals surface area contributed by atoms with Crippen molar-refractivity contribution in [2.45, 2.75) is 47.0 Å². The number of hydrogen-bond donors (Lipinski definition) is 1. The molecule has 2 aromatic rings. The third kappa shape index (κ3) is 2.50. The smallest absolute Gasteiger partial charge is 0.127 e. The fraction of sp³-hybridized carbons (Fsp3) is 0.438. The van der Waals surface area contributed by atoms with E-state index in [2.05, 4.69) is 53.7 Å². The van der Waals surface area contributed by atoms with Crippen molar-refractivity contribution in [1.82, 2.24) is 9.78 Å². The molecule has 0 aliphatic carbocycles. The molecule has 0 aliphatic rings. The Kier molecular flexibility index (Phi) is 3.17. The van der Waals surface area contributed by atoms with Crippen LogP contribution in [0.1, 0.15) is 43.2 Å². The summed E-state index contributed by atoms with van der Waals surface area (Å²) in [5, 5.41) is 4.69. The Morgan fingerprint density at radius 1 is 1.00 bits per heavy atom. The molecule has 0 fully saturated rings. The average molecular weight is 257 g/mol. The van der Waals surface area contributed by atoms with E-state index in [-0.39, 0.29) is 5.41 Å². The summed E-state index contributed by atoms with van der Waals surface area (Å²) < 4.78 is 1.87. The van der Waals surface area contributed by atoms with E-state index in [9.17, 15) is 0 Å². The monoisotopic (exact) mass is 257 g/mol. The SMILES string of the molecule is Cc1cc(C)c(-n2nc(C(C)(C)C)cc2N)c(C)c1. The molecule has 1 aromatic carbocycles. The fourth-order valence-electron chi connectivity index (χ4n) is 2.45. The molecule has 0 bridgehead atoms. The van der Waals surface area contributed by atoms with Gasteiger partial charge in [0, 0.05) is 11.5 Å². The van der Waals surface area contributed by atoms with Gasteiger partial charge in [0.05, 0.1) is 11.4 Å². The quantitative estimate of drug-likeness (QED) is 0.847. The summed E-state index contributed by atoms with van der Waals surface area (Å²) in [6, 6.07) is 6.30. The normalized spacial score (nSPS) is 11.9. The van der Waals surface area contributed by atoms with Crippen LogP contribution in [0.3, 0.4) is 0 Å². The van der Waals surface area contributed by atoms with Crippen molar-refractivity contribution in [3.63, 3.8) is 0 Å². The molecule has 2 N–H and O–H groups in total. The van der Waals surface area contributed by atoms with Gasteiger partial charge >= 0.3 is 0 Å². The van der Waals surface area contributed by atoms with Gasteiger partial charge in [0.25, 0.3) is 0 Å². The minimum atomic E-state index is 0.00583. The Balaban J connectivity index is 2.64. The maximum absolute atomic E-state index is 6.15. The summed E-state index contributed by atoms with van der Waals surface area (Å²) in [4.78, 5) is 0. The Morgan fingerprint density at radius 3 is 1.95 bits per heavy atom. The van der Waals surface area contributed by atoms with Crippen LogP contribution in [0.5, 0.6) is 0 Å².